The van der Waals surface area contributed by atoms with Crippen LogP contribution in [-0.2, 0) is 4.79 Å². The molecule has 6 nitrogen and oxygen atoms in total. The molecule has 2 aromatic heterocycles. The van der Waals surface area contributed by atoms with Crippen LogP contribution in [0.3, 0.4) is 0 Å². The second-order valence-electron chi connectivity index (χ2n) is 10.2. The van der Waals surface area contributed by atoms with E-state index in [1.807, 2.05) is 62.5 Å². The highest BCUT2D eigenvalue weighted by molar-refractivity contribution is 7.80. The van der Waals surface area contributed by atoms with Crippen molar-refractivity contribution in [2.75, 3.05) is 10.2 Å². The Labute approximate surface area is 240 Å². The van der Waals surface area contributed by atoms with Crippen LogP contribution in [-0.4, -0.2) is 20.6 Å². The second-order valence-corrected chi connectivity index (χ2v) is 11.0. The molecular weight excluding hydrogens is 526 g/mol. The molecule has 3 heterocycles. The van der Waals surface area contributed by atoms with Crippen molar-refractivity contribution < 1.29 is 4.79 Å². The van der Waals surface area contributed by atoms with Crippen molar-refractivity contribution in [3.8, 4) is 5.69 Å². The summed E-state index contributed by atoms with van der Waals surface area (Å²) >= 11 is 12.6. The van der Waals surface area contributed by atoms with Crippen molar-refractivity contribution in [1.82, 2.24) is 14.9 Å². The molecule has 1 aliphatic heterocycles. The van der Waals surface area contributed by atoms with Crippen molar-refractivity contribution in [2.24, 2.45) is 5.92 Å². The SMILES string of the molecule is Cc1c([C@H]2[C@@H](c3ccccn3)NC(=S)N2c2ccc(NC(=O)C(C)C)c(Cl)c2)c(C)n(-c2ccccc2)c1C. The van der Waals surface area contributed by atoms with Gasteiger partial charge in [0.1, 0.15) is 0 Å². The summed E-state index contributed by atoms with van der Waals surface area (Å²) in [7, 11) is 0. The molecule has 8 heteroatoms. The summed E-state index contributed by atoms with van der Waals surface area (Å²) < 4.78 is 2.30. The molecule has 0 spiro atoms. The Morgan fingerprint density at radius 3 is 2.36 bits per heavy atom. The molecule has 2 aromatic carbocycles. The van der Waals surface area contributed by atoms with Gasteiger partial charge >= 0.3 is 0 Å². The van der Waals surface area contributed by atoms with E-state index in [4.69, 9.17) is 28.8 Å². The Bertz CT molecular complexity index is 1530. The third-order valence-corrected chi connectivity index (χ3v) is 8.06. The molecule has 1 aliphatic rings. The van der Waals surface area contributed by atoms with E-state index in [2.05, 4.69) is 65.1 Å². The van der Waals surface area contributed by atoms with Crippen LogP contribution in [0, 0.1) is 26.7 Å². The summed E-state index contributed by atoms with van der Waals surface area (Å²) in [4.78, 5) is 19.1. The summed E-state index contributed by atoms with van der Waals surface area (Å²) in [6.45, 7) is 10.2. The normalized spacial score (nSPS) is 17.0. The molecule has 4 aromatic rings. The van der Waals surface area contributed by atoms with Gasteiger partial charge in [0.05, 0.1) is 28.5 Å². The van der Waals surface area contributed by atoms with Gasteiger partial charge in [-0.3, -0.25) is 9.78 Å². The molecule has 0 unspecified atom stereocenters. The number of carbonyl (C=O) groups excluding carboxylic acids is 1. The highest BCUT2D eigenvalue weighted by Crippen LogP contribution is 2.46. The zero-order valence-corrected chi connectivity index (χ0v) is 24.3. The first-order valence-corrected chi connectivity index (χ1v) is 13.8. The Hall–Kier alpha value is -3.68. The van der Waals surface area contributed by atoms with E-state index >= 15 is 0 Å². The van der Waals surface area contributed by atoms with Crippen LogP contribution in [0.1, 0.15) is 54.1 Å². The fourth-order valence-corrected chi connectivity index (χ4v) is 5.93. The Morgan fingerprint density at radius 2 is 1.72 bits per heavy atom. The predicted octanol–water partition coefficient (Wildman–Crippen LogP) is 7.22. The molecule has 1 fully saturated rings. The largest absolute Gasteiger partial charge is 0.351 e. The lowest BCUT2D eigenvalue weighted by Crippen LogP contribution is -2.30. The molecule has 2 N–H and O–H groups in total. The molecule has 2 atom stereocenters. The van der Waals surface area contributed by atoms with E-state index in [9.17, 15) is 4.79 Å². The number of nitrogens with one attached hydrogen (secondary N) is 2. The summed E-state index contributed by atoms with van der Waals surface area (Å²) in [5.74, 6) is -0.234. The first-order chi connectivity index (χ1) is 18.7. The van der Waals surface area contributed by atoms with Gasteiger partial charge in [0.25, 0.3) is 0 Å². The minimum Gasteiger partial charge on any atom is -0.351 e. The van der Waals surface area contributed by atoms with Gasteiger partial charge in [-0.2, -0.15) is 0 Å². The van der Waals surface area contributed by atoms with Crippen molar-refractivity contribution in [3.63, 3.8) is 0 Å². The molecular formula is C31H32ClN5OS. The number of pyridine rings is 1. The number of amides is 1. The van der Waals surface area contributed by atoms with Gasteiger partial charge in [0.2, 0.25) is 5.91 Å². The third kappa shape index (κ3) is 4.92. The van der Waals surface area contributed by atoms with Gasteiger partial charge in [0, 0.05) is 40.4 Å². The first-order valence-electron chi connectivity index (χ1n) is 13.0. The van der Waals surface area contributed by atoms with Crippen LogP contribution in [0.4, 0.5) is 11.4 Å². The summed E-state index contributed by atoms with van der Waals surface area (Å²) in [6, 6.07) is 21.6. The highest BCUT2D eigenvalue weighted by atomic mass is 35.5. The monoisotopic (exact) mass is 557 g/mol. The Morgan fingerprint density at radius 1 is 1.00 bits per heavy atom. The van der Waals surface area contributed by atoms with E-state index in [1.165, 1.54) is 16.8 Å². The van der Waals surface area contributed by atoms with Crippen molar-refractivity contribution >= 4 is 46.2 Å². The number of para-hydroxylation sites is 1. The summed E-state index contributed by atoms with van der Waals surface area (Å²) in [6.07, 6.45) is 1.81. The number of hydrogen-bond acceptors (Lipinski definition) is 3. The van der Waals surface area contributed by atoms with Gasteiger partial charge in [-0.25, -0.2) is 0 Å². The summed E-state index contributed by atoms with van der Waals surface area (Å²) in [5.41, 5.74) is 8.15. The Balaban J connectivity index is 1.65. The fourth-order valence-electron chi connectivity index (χ4n) is 5.36. The lowest BCUT2D eigenvalue weighted by atomic mass is 9.93. The van der Waals surface area contributed by atoms with E-state index in [0.29, 0.717) is 15.8 Å². The van der Waals surface area contributed by atoms with E-state index in [1.54, 1.807) is 0 Å². The molecule has 0 aliphatic carbocycles. The van der Waals surface area contributed by atoms with Gasteiger partial charge in [-0.1, -0.05) is 49.7 Å². The molecule has 200 valence electrons. The minimum absolute atomic E-state index is 0.0833. The quantitative estimate of drug-likeness (QED) is 0.245. The standard InChI is InChI=1S/C31H32ClN5OS/c1-18(2)30(38)34-25-15-14-23(17-24(25)32)37-29(28(35-31(37)39)26-13-9-10-16-33-26)27-19(3)20(4)36(21(27)5)22-11-7-6-8-12-22/h6-18,28-29H,1-5H3,(H,34,38)(H,35,39)/t28-,29+/m1/s1. The maximum absolute atomic E-state index is 12.3. The Kier molecular flexibility index (Phi) is 7.47. The maximum Gasteiger partial charge on any atom is 0.226 e. The maximum atomic E-state index is 12.3. The van der Waals surface area contributed by atoms with Crippen LogP contribution >= 0.6 is 23.8 Å². The van der Waals surface area contributed by atoms with Crippen molar-refractivity contribution in [1.29, 1.82) is 0 Å². The zero-order valence-electron chi connectivity index (χ0n) is 22.7. The molecule has 39 heavy (non-hydrogen) atoms. The van der Waals surface area contributed by atoms with E-state index < -0.39 is 0 Å². The average Bonchev–Trinajstić information content (AvgIpc) is 3.37. The van der Waals surface area contributed by atoms with Crippen LogP contribution < -0.4 is 15.5 Å². The lowest BCUT2D eigenvalue weighted by Gasteiger charge is -2.29. The van der Waals surface area contributed by atoms with Gasteiger partial charge in [-0.05, 0) is 81.0 Å². The van der Waals surface area contributed by atoms with Crippen LogP contribution in [0.2, 0.25) is 5.02 Å². The van der Waals surface area contributed by atoms with E-state index in [-0.39, 0.29) is 23.9 Å². The second kappa shape index (κ2) is 10.8. The number of hydrogen-bond donors (Lipinski definition) is 2. The predicted molar refractivity (Wildman–Crippen MR) is 163 cm³/mol. The number of aromatic nitrogens is 2. The van der Waals surface area contributed by atoms with Crippen LogP contribution in [0.25, 0.3) is 5.69 Å². The number of benzene rings is 2. The molecule has 1 amide bonds. The first kappa shape index (κ1) is 26.9. The minimum atomic E-state index is -0.179. The van der Waals surface area contributed by atoms with Crippen LogP contribution in [0.5, 0.6) is 0 Å². The number of carbonyl (C=O) groups is 1. The van der Waals surface area contributed by atoms with E-state index in [0.717, 1.165) is 22.8 Å². The smallest absolute Gasteiger partial charge is 0.226 e. The lowest BCUT2D eigenvalue weighted by molar-refractivity contribution is -0.118. The third-order valence-electron chi connectivity index (χ3n) is 7.43. The number of thiocarbonyl (C=S) groups is 1. The number of halogens is 1. The topological polar surface area (TPSA) is 62.2 Å². The molecule has 0 bridgehead atoms. The van der Waals surface area contributed by atoms with Crippen molar-refractivity contribution in [3.05, 3.63) is 106 Å². The fraction of sp³-hybridized carbons (Fsp3) is 0.258. The molecule has 0 radical (unpaired) electrons. The van der Waals surface area contributed by atoms with Gasteiger partial charge in [0.15, 0.2) is 5.11 Å². The van der Waals surface area contributed by atoms with Gasteiger partial charge < -0.3 is 20.1 Å². The number of anilines is 2. The number of rotatable bonds is 6. The van der Waals surface area contributed by atoms with Gasteiger partial charge in [-0.15, -0.1) is 0 Å². The summed E-state index contributed by atoms with van der Waals surface area (Å²) in [5, 5.41) is 7.50. The van der Waals surface area contributed by atoms with Crippen molar-refractivity contribution in [2.45, 2.75) is 46.7 Å². The van der Waals surface area contributed by atoms with Crippen LogP contribution in [0.15, 0.2) is 72.9 Å². The average molecular weight is 558 g/mol. The highest BCUT2D eigenvalue weighted by Gasteiger charge is 2.43. The molecule has 5 rings (SSSR count). The molecule has 1 saturated heterocycles. The zero-order chi connectivity index (χ0) is 27.8. The number of nitrogens with zero attached hydrogens (tertiary/aromatic N) is 3. The molecule has 0 saturated carbocycles.